The summed E-state index contributed by atoms with van der Waals surface area (Å²) in [7, 11) is 0. The zero-order valence-electron chi connectivity index (χ0n) is 19.1. The predicted octanol–water partition coefficient (Wildman–Crippen LogP) is 3.85. The van der Waals surface area contributed by atoms with E-state index in [1.165, 1.54) is 24.1 Å². The van der Waals surface area contributed by atoms with Crippen molar-refractivity contribution in [3.63, 3.8) is 0 Å². The molecule has 4 fully saturated rings. The molecule has 32 heavy (non-hydrogen) atoms. The zero-order valence-corrected chi connectivity index (χ0v) is 19.1. The van der Waals surface area contributed by atoms with Crippen LogP contribution in [0.2, 0.25) is 0 Å². The van der Waals surface area contributed by atoms with Crippen molar-refractivity contribution in [2.45, 2.75) is 45.1 Å². The van der Waals surface area contributed by atoms with E-state index in [0.717, 1.165) is 63.5 Å². The second-order valence-corrected chi connectivity index (χ2v) is 10.7. The molecule has 1 aromatic rings. The Balaban J connectivity index is 1.09. The molecule has 5 atom stereocenters. The normalized spacial score (nSPS) is 36.6. The Morgan fingerprint density at radius 2 is 1.97 bits per heavy atom. The Morgan fingerprint density at radius 3 is 2.81 bits per heavy atom. The van der Waals surface area contributed by atoms with Crippen LogP contribution in [0.4, 0.5) is 5.69 Å². The van der Waals surface area contributed by atoms with Crippen LogP contribution in [0.25, 0.3) is 0 Å². The van der Waals surface area contributed by atoms with Gasteiger partial charge in [0.25, 0.3) is 0 Å². The molecule has 0 spiro atoms. The first kappa shape index (κ1) is 20.4. The third-order valence-electron chi connectivity index (χ3n) is 8.87. The van der Waals surface area contributed by atoms with Gasteiger partial charge in [-0.05, 0) is 55.6 Å². The smallest absolute Gasteiger partial charge is 0.310 e. The third kappa shape index (κ3) is 3.38. The highest BCUT2D eigenvalue weighted by Crippen LogP contribution is 2.57. The van der Waals surface area contributed by atoms with Gasteiger partial charge in [0.1, 0.15) is 6.10 Å². The number of piperazine rings is 1. The molecule has 1 aromatic carbocycles. The van der Waals surface area contributed by atoms with Crippen LogP contribution in [0.15, 0.2) is 30.4 Å². The molecule has 6 nitrogen and oxygen atoms in total. The van der Waals surface area contributed by atoms with Gasteiger partial charge in [-0.3, -0.25) is 9.69 Å². The molecule has 6 heteroatoms. The fourth-order valence-corrected chi connectivity index (χ4v) is 7.01. The summed E-state index contributed by atoms with van der Waals surface area (Å²) in [6, 6.07) is 6.18. The number of allylic oxidation sites excluding steroid dienone is 1. The van der Waals surface area contributed by atoms with E-state index in [2.05, 4.69) is 35.4 Å². The Labute approximate surface area is 190 Å². The molecule has 2 saturated heterocycles. The van der Waals surface area contributed by atoms with E-state index in [4.69, 9.17) is 14.2 Å². The molecular weight excluding hydrogens is 404 g/mol. The van der Waals surface area contributed by atoms with Gasteiger partial charge in [-0.25, -0.2) is 0 Å². The van der Waals surface area contributed by atoms with Crippen molar-refractivity contribution in [3.05, 3.63) is 30.4 Å². The molecular formula is C26H34N2O4. The molecule has 0 amide bonds. The monoisotopic (exact) mass is 438 g/mol. The number of esters is 1. The van der Waals surface area contributed by atoms with E-state index >= 15 is 0 Å². The van der Waals surface area contributed by atoms with Gasteiger partial charge in [-0.1, -0.05) is 19.1 Å². The van der Waals surface area contributed by atoms with Crippen LogP contribution in [0.3, 0.4) is 0 Å². The summed E-state index contributed by atoms with van der Waals surface area (Å²) in [4.78, 5) is 17.7. The number of ether oxygens (including phenoxy) is 3. The van der Waals surface area contributed by atoms with Gasteiger partial charge in [0, 0.05) is 50.4 Å². The minimum Gasteiger partial charge on any atom is -0.462 e. The number of fused-ring (bicyclic) bond motifs is 3. The number of anilines is 1. The molecule has 172 valence electrons. The van der Waals surface area contributed by atoms with Gasteiger partial charge < -0.3 is 19.1 Å². The highest BCUT2D eigenvalue weighted by molar-refractivity contribution is 5.75. The lowest BCUT2D eigenvalue weighted by Crippen LogP contribution is -2.50. The van der Waals surface area contributed by atoms with Crippen molar-refractivity contribution in [2.24, 2.45) is 23.2 Å². The van der Waals surface area contributed by atoms with Gasteiger partial charge >= 0.3 is 5.97 Å². The lowest BCUT2D eigenvalue weighted by molar-refractivity contribution is -0.146. The number of hydrogen-bond donors (Lipinski definition) is 0. The number of carbonyl (C=O) groups is 1. The molecule has 6 rings (SSSR count). The second kappa shape index (κ2) is 7.68. The van der Waals surface area contributed by atoms with Gasteiger partial charge in [0.15, 0.2) is 11.5 Å². The van der Waals surface area contributed by atoms with Crippen molar-refractivity contribution < 1.29 is 19.0 Å². The van der Waals surface area contributed by atoms with Crippen LogP contribution in [-0.4, -0.2) is 56.5 Å². The Kier molecular flexibility index (Phi) is 4.90. The first-order valence-electron chi connectivity index (χ1n) is 12.3. The molecule has 0 aromatic heterocycles. The maximum atomic E-state index is 12.9. The minimum atomic E-state index is 0.0105. The largest absolute Gasteiger partial charge is 0.462 e. The summed E-state index contributed by atoms with van der Waals surface area (Å²) >= 11 is 0. The van der Waals surface area contributed by atoms with E-state index in [1.54, 1.807) is 0 Å². The summed E-state index contributed by atoms with van der Waals surface area (Å²) in [5, 5.41) is 0. The molecule has 0 bridgehead atoms. The number of nitrogens with zero attached hydrogens (tertiary/aromatic N) is 2. The summed E-state index contributed by atoms with van der Waals surface area (Å²) in [6.07, 6.45) is 5.82. The highest BCUT2D eigenvalue weighted by Gasteiger charge is 2.55. The van der Waals surface area contributed by atoms with E-state index in [1.807, 2.05) is 6.07 Å². The summed E-state index contributed by atoms with van der Waals surface area (Å²) in [5.74, 6) is 2.60. The molecule has 0 radical (unpaired) electrons. The van der Waals surface area contributed by atoms with Crippen LogP contribution in [-0.2, 0) is 9.53 Å². The average Bonchev–Trinajstić information content (AvgIpc) is 3.36. The molecule has 2 aliphatic carbocycles. The van der Waals surface area contributed by atoms with Crippen molar-refractivity contribution >= 4 is 11.7 Å². The van der Waals surface area contributed by atoms with Crippen molar-refractivity contribution in [3.8, 4) is 11.5 Å². The summed E-state index contributed by atoms with van der Waals surface area (Å²) < 4.78 is 16.9. The van der Waals surface area contributed by atoms with E-state index in [-0.39, 0.29) is 23.4 Å². The first-order valence-corrected chi connectivity index (χ1v) is 12.3. The van der Waals surface area contributed by atoms with E-state index < -0.39 is 0 Å². The molecule has 5 aliphatic rings. The van der Waals surface area contributed by atoms with E-state index in [0.29, 0.717) is 18.6 Å². The maximum absolute atomic E-state index is 12.9. The second-order valence-electron chi connectivity index (χ2n) is 10.7. The average molecular weight is 439 g/mol. The fourth-order valence-electron chi connectivity index (χ4n) is 7.01. The molecule has 2 saturated carbocycles. The highest BCUT2D eigenvalue weighted by atomic mass is 16.7. The summed E-state index contributed by atoms with van der Waals surface area (Å²) in [6.45, 7) is 11.8. The number of benzene rings is 1. The SMILES string of the molecule is C=C1CCC[C@]2(C)C[C@H]3OC(=O)C(CN4CCN(c5ccc6c(c5)OCO6)CC4)[C@H]3C[C@@H]12. The number of carbonyl (C=O) groups excluding carboxylic acids is 1. The van der Waals surface area contributed by atoms with Crippen LogP contribution in [0.5, 0.6) is 11.5 Å². The van der Waals surface area contributed by atoms with E-state index in [9.17, 15) is 4.79 Å². The fraction of sp³-hybridized carbons (Fsp3) is 0.654. The molecule has 3 aliphatic heterocycles. The zero-order chi connectivity index (χ0) is 21.9. The molecule has 3 heterocycles. The number of rotatable bonds is 3. The summed E-state index contributed by atoms with van der Waals surface area (Å²) in [5.41, 5.74) is 2.85. The van der Waals surface area contributed by atoms with Gasteiger partial charge in [0.05, 0.1) is 5.92 Å². The lowest BCUT2D eigenvalue weighted by atomic mass is 9.55. The van der Waals surface area contributed by atoms with Crippen LogP contribution < -0.4 is 14.4 Å². The van der Waals surface area contributed by atoms with Crippen LogP contribution in [0.1, 0.15) is 39.0 Å². The number of hydrogen-bond acceptors (Lipinski definition) is 6. The van der Waals surface area contributed by atoms with Crippen LogP contribution in [0, 0.1) is 23.2 Å². The topological polar surface area (TPSA) is 51.2 Å². The Hall–Kier alpha value is -2.21. The maximum Gasteiger partial charge on any atom is 0.310 e. The Bertz CT molecular complexity index is 924. The third-order valence-corrected chi connectivity index (χ3v) is 8.87. The van der Waals surface area contributed by atoms with Crippen molar-refractivity contribution in [2.75, 3.05) is 44.4 Å². The standard InChI is InChI=1S/C26H34N2O4/c1-17-4-3-7-26(2)14-24-19(13-21(17)26)20(25(29)32-24)15-27-8-10-28(11-9-27)18-5-6-22-23(12-18)31-16-30-22/h5-6,12,19-21,24H,1,3-4,7-11,13-16H2,2H3/t19-,20?,21+,24-,26-/m1/s1. The van der Waals surface area contributed by atoms with Crippen LogP contribution >= 0.6 is 0 Å². The minimum absolute atomic E-state index is 0.0105. The lowest BCUT2D eigenvalue weighted by Gasteiger charge is -2.50. The Morgan fingerprint density at radius 1 is 1.16 bits per heavy atom. The quantitative estimate of drug-likeness (QED) is 0.528. The van der Waals surface area contributed by atoms with Gasteiger partial charge in [-0.15, -0.1) is 0 Å². The predicted molar refractivity (Wildman–Crippen MR) is 122 cm³/mol. The molecule has 1 unspecified atom stereocenters. The van der Waals surface area contributed by atoms with Crippen molar-refractivity contribution in [1.82, 2.24) is 4.90 Å². The van der Waals surface area contributed by atoms with Crippen molar-refractivity contribution in [1.29, 1.82) is 0 Å². The van der Waals surface area contributed by atoms with Gasteiger partial charge in [-0.2, -0.15) is 0 Å². The van der Waals surface area contributed by atoms with Gasteiger partial charge in [0.2, 0.25) is 6.79 Å². The first-order chi connectivity index (χ1) is 15.5. The molecule has 0 N–H and O–H groups in total.